The van der Waals surface area contributed by atoms with Gasteiger partial charge in [0.2, 0.25) is 0 Å². The fraction of sp³-hybridized carbons (Fsp3) is 0.353. The van der Waals surface area contributed by atoms with Gasteiger partial charge in [-0.1, -0.05) is 84.4 Å². The lowest BCUT2D eigenvalue weighted by molar-refractivity contribution is 0.116. The van der Waals surface area contributed by atoms with Crippen LogP contribution in [0.2, 0.25) is 5.02 Å². The van der Waals surface area contributed by atoms with Crippen LogP contribution in [-0.2, 0) is 28.7 Å². The third kappa shape index (κ3) is 14.3. The maximum Gasteiger partial charge on any atom is 0.411 e. The number of hydrogen-bond acceptors (Lipinski definition) is 8. The molecule has 13 heteroatoms. The topological polar surface area (TPSA) is 162 Å². The summed E-state index contributed by atoms with van der Waals surface area (Å²) in [5.74, 6) is 1.74. The van der Waals surface area contributed by atoms with Crippen LogP contribution in [0.15, 0.2) is 121 Å². The quantitative estimate of drug-likeness (QED) is 0.0641. The van der Waals surface area contributed by atoms with Crippen LogP contribution in [0.5, 0.6) is 0 Å². The molecule has 0 radical (unpaired) electrons. The van der Waals surface area contributed by atoms with E-state index in [0.29, 0.717) is 30.0 Å². The highest BCUT2D eigenvalue weighted by atomic mass is 35.5. The normalized spacial score (nSPS) is 18.7. The van der Waals surface area contributed by atoms with Gasteiger partial charge in [0.1, 0.15) is 6.10 Å². The minimum atomic E-state index is -1.02. The molecule has 1 aliphatic carbocycles. The molecular weight excluding hydrogens is 828 g/mol. The van der Waals surface area contributed by atoms with Gasteiger partial charge in [0.15, 0.2) is 0 Å². The smallest absolute Gasteiger partial charge is 0.411 e. The summed E-state index contributed by atoms with van der Waals surface area (Å²) >= 11 is 5.86. The van der Waals surface area contributed by atoms with E-state index in [1.165, 1.54) is 46.2 Å². The Kier molecular flexibility index (Phi) is 17.0. The van der Waals surface area contributed by atoms with E-state index in [2.05, 4.69) is 68.3 Å². The Hall–Kier alpha value is -5.92. The molecule has 0 saturated carbocycles. The van der Waals surface area contributed by atoms with Gasteiger partial charge in [0.25, 0.3) is 0 Å². The zero-order chi connectivity index (χ0) is 44.5. The number of anilines is 3. The first kappa shape index (κ1) is 46.1. The summed E-state index contributed by atoms with van der Waals surface area (Å²) in [6, 6.07) is 39.7. The molecule has 12 nitrogen and oxygen atoms in total. The van der Waals surface area contributed by atoms with E-state index in [1.54, 1.807) is 0 Å². The summed E-state index contributed by atoms with van der Waals surface area (Å²) in [5.41, 5.74) is 9.83. The molecule has 7 N–H and O–H groups in total. The number of ether oxygens (including phenoxy) is 2. The second-order valence-electron chi connectivity index (χ2n) is 16.7. The lowest BCUT2D eigenvalue weighted by Gasteiger charge is -2.13. The number of aryl methyl sites for hydroxylation is 1. The van der Waals surface area contributed by atoms with E-state index >= 15 is 0 Å². The molecule has 0 spiro atoms. The third-order valence-corrected chi connectivity index (χ3v) is 12.4. The van der Waals surface area contributed by atoms with E-state index in [9.17, 15) is 14.4 Å². The monoisotopic (exact) mass is 886 g/mol. The molecule has 64 heavy (non-hydrogen) atoms. The number of carbonyl (C=O) groups excluding carboxylic acids is 2. The van der Waals surface area contributed by atoms with Crippen molar-refractivity contribution in [3.05, 3.63) is 160 Å². The Bertz CT molecular complexity index is 2220. The van der Waals surface area contributed by atoms with Gasteiger partial charge >= 0.3 is 18.3 Å². The molecule has 0 aromatic heterocycles. The summed E-state index contributed by atoms with van der Waals surface area (Å²) in [4.78, 5) is 34.4. The molecule has 336 valence electrons. The average molecular weight is 888 g/mol. The lowest BCUT2D eigenvalue weighted by Crippen LogP contribution is -2.22. The highest BCUT2D eigenvalue weighted by Crippen LogP contribution is 2.27. The SMILES string of the molecule is O=C(Nc1ccc(C2CCNC2)cc1)OC1Cc2ccccc2C1.O=C(Nc1ccc(C2CCNC2)cc1)OCCCc1ccc(Cl)cc1.O=C(O)Nc1ccc(C2CCNC2)cc1. The number of rotatable bonds is 11. The van der Waals surface area contributed by atoms with Gasteiger partial charge in [0, 0.05) is 54.6 Å². The highest BCUT2D eigenvalue weighted by molar-refractivity contribution is 6.30. The molecule has 3 heterocycles. The average Bonchev–Trinajstić information content (AvgIpc) is 4.16. The van der Waals surface area contributed by atoms with Gasteiger partial charge in [-0.15, -0.1) is 0 Å². The molecule has 9 rings (SSSR count). The molecule has 0 bridgehead atoms. The molecule has 3 atom stereocenters. The molecule has 3 fully saturated rings. The first-order valence-corrected chi connectivity index (χ1v) is 22.8. The minimum absolute atomic E-state index is 0.0637. The van der Waals surface area contributed by atoms with E-state index < -0.39 is 12.2 Å². The Balaban J connectivity index is 0.000000148. The summed E-state index contributed by atoms with van der Waals surface area (Å²) < 4.78 is 10.8. The third-order valence-electron chi connectivity index (χ3n) is 12.1. The molecule has 3 saturated heterocycles. The van der Waals surface area contributed by atoms with Crippen molar-refractivity contribution >= 4 is 46.9 Å². The van der Waals surface area contributed by atoms with E-state index in [4.69, 9.17) is 26.2 Å². The molecule has 3 amide bonds. The van der Waals surface area contributed by atoms with Crippen LogP contribution >= 0.6 is 11.6 Å². The van der Waals surface area contributed by atoms with E-state index in [0.717, 1.165) is 87.8 Å². The second-order valence-corrected chi connectivity index (χ2v) is 17.1. The second kappa shape index (κ2) is 23.7. The van der Waals surface area contributed by atoms with Crippen LogP contribution in [0.3, 0.4) is 0 Å². The van der Waals surface area contributed by atoms with Crippen molar-refractivity contribution < 1.29 is 29.0 Å². The molecule has 5 aromatic carbocycles. The van der Waals surface area contributed by atoms with Crippen molar-refractivity contribution in [2.45, 2.75) is 68.8 Å². The summed E-state index contributed by atoms with van der Waals surface area (Å²) in [6.07, 6.45) is 4.88. The van der Waals surface area contributed by atoms with Gasteiger partial charge in [0.05, 0.1) is 6.61 Å². The number of halogens is 1. The standard InChI is InChI=1S/C20H23ClN2O2.C20H22N2O2.C11H14N2O2/c21-18-7-3-15(4-8-18)2-1-13-25-20(24)23-19-9-5-16(6-10-19)17-11-12-22-14-17;23-20(24-19-11-15-3-1-2-4-16(15)12-19)22-18-7-5-14(6-8-18)17-9-10-21-13-17;14-11(15)13-10-3-1-8(2-4-10)9-5-6-12-7-9/h3-10,17,22H,1-2,11-14H2,(H,23,24);1-8,17,19,21H,9-13H2,(H,22,23);1-4,9,12-13H,5-7H2,(H,14,15). The Morgan fingerprint density at radius 1 is 0.578 bits per heavy atom. The lowest BCUT2D eigenvalue weighted by atomic mass is 9.98. The highest BCUT2D eigenvalue weighted by Gasteiger charge is 2.25. The van der Waals surface area contributed by atoms with Crippen molar-refractivity contribution in [3.63, 3.8) is 0 Å². The first-order valence-electron chi connectivity index (χ1n) is 22.4. The van der Waals surface area contributed by atoms with Crippen LogP contribution in [0.25, 0.3) is 0 Å². The molecule has 5 aromatic rings. The number of benzene rings is 5. The summed E-state index contributed by atoms with van der Waals surface area (Å²) in [6.45, 7) is 6.71. The van der Waals surface area contributed by atoms with Gasteiger partial charge in [-0.2, -0.15) is 0 Å². The van der Waals surface area contributed by atoms with Crippen molar-refractivity contribution in [3.8, 4) is 0 Å². The zero-order valence-electron chi connectivity index (χ0n) is 36.1. The van der Waals surface area contributed by atoms with Gasteiger partial charge in [-0.05, 0) is 151 Å². The molecule has 4 aliphatic rings. The van der Waals surface area contributed by atoms with Crippen LogP contribution in [0.4, 0.5) is 31.4 Å². The molecule has 3 aliphatic heterocycles. The Morgan fingerprint density at radius 2 is 1.02 bits per heavy atom. The fourth-order valence-electron chi connectivity index (χ4n) is 8.60. The predicted octanol–water partition coefficient (Wildman–Crippen LogP) is 9.93. The molecule has 3 unspecified atom stereocenters. The van der Waals surface area contributed by atoms with E-state index in [-0.39, 0.29) is 12.2 Å². The number of carboxylic acid groups (broad SMARTS) is 1. The van der Waals surface area contributed by atoms with Gasteiger partial charge < -0.3 is 30.5 Å². The van der Waals surface area contributed by atoms with Crippen LogP contribution in [0.1, 0.15) is 76.8 Å². The Morgan fingerprint density at radius 3 is 1.44 bits per heavy atom. The number of nitrogens with one attached hydrogen (secondary N) is 6. The first-order chi connectivity index (χ1) is 31.2. The van der Waals surface area contributed by atoms with Crippen molar-refractivity contribution in [2.75, 3.05) is 61.8 Å². The van der Waals surface area contributed by atoms with Crippen molar-refractivity contribution in [2.24, 2.45) is 0 Å². The maximum absolute atomic E-state index is 12.1. The van der Waals surface area contributed by atoms with Crippen molar-refractivity contribution in [1.29, 1.82) is 0 Å². The number of hydrogen-bond donors (Lipinski definition) is 7. The van der Waals surface area contributed by atoms with Crippen LogP contribution in [-0.4, -0.2) is 75.4 Å². The van der Waals surface area contributed by atoms with Crippen LogP contribution < -0.4 is 31.9 Å². The van der Waals surface area contributed by atoms with Crippen molar-refractivity contribution in [1.82, 2.24) is 16.0 Å². The maximum atomic E-state index is 12.1. The number of amides is 3. The summed E-state index contributed by atoms with van der Waals surface area (Å²) in [5, 5.41) is 27.2. The van der Waals surface area contributed by atoms with Gasteiger partial charge in [-0.3, -0.25) is 16.0 Å². The summed E-state index contributed by atoms with van der Waals surface area (Å²) in [7, 11) is 0. The Labute approximate surface area is 380 Å². The van der Waals surface area contributed by atoms with E-state index in [1.807, 2.05) is 84.9 Å². The van der Waals surface area contributed by atoms with Gasteiger partial charge in [-0.25, -0.2) is 14.4 Å². The van der Waals surface area contributed by atoms with Crippen LogP contribution in [0, 0.1) is 0 Å². The number of fused-ring (bicyclic) bond motifs is 1. The number of carbonyl (C=O) groups is 3. The predicted molar refractivity (Wildman–Crippen MR) is 254 cm³/mol. The molecular formula is C51H59ClN6O6. The fourth-order valence-corrected chi connectivity index (χ4v) is 8.73. The minimum Gasteiger partial charge on any atom is -0.465 e. The zero-order valence-corrected chi connectivity index (χ0v) is 36.9. The largest absolute Gasteiger partial charge is 0.465 e.